The van der Waals surface area contributed by atoms with Crippen LogP contribution in [0.25, 0.3) is 0 Å². The number of rotatable bonds is 6. The van der Waals surface area contributed by atoms with Crippen LogP contribution in [0.2, 0.25) is 0 Å². The Morgan fingerprint density at radius 2 is 0.712 bits per heavy atom. The van der Waals surface area contributed by atoms with Crippen molar-refractivity contribution < 1.29 is 4.74 Å². The molecule has 10 saturated carbocycles. The van der Waals surface area contributed by atoms with E-state index >= 15 is 0 Å². The molecule has 12 aliphatic rings. The van der Waals surface area contributed by atoms with Gasteiger partial charge in [0.25, 0.3) is 0 Å². The molecule has 15 atom stereocenters. The molecule has 15 unspecified atom stereocenters. The minimum Gasteiger partial charge on any atom is -0.374 e. The smallest absolute Gasteiger partial charge is 0.0652 e. The lowest BCUT2D eigenvalue weighted by Crippen LogP contribution is -2.53. The van der Waals surface area contributed by atoms with Gasteiger partial charge in [-0.2, -0.15) is 11.8 Å². The molecule has 2 aliphatic heterocycles. The van der Waals surface area contributed by atoms with Crippen LogP contribution in [0.1, 0.15) is 225 Å². The van der Waals surface area contributed by atoms with E-state index in [9.17, 15) is 0 Å². The van der Waals surface area contributed by atoms with Gasteiger partial charge in [0.1, 0.15) is 0 Å². The normalized spacial score (nSPS) is 53.9. The highest BCUT2D eigenvalue weighted by Crippen LogP contribution is 2.62. The van der Waals surface area contributed by atoms with Crippen LogP contribution in [-0.4, -0.2) is 45.7 Å². The van der Waals surface area contributed by atoms with Crippen LogP contribution in [0.4, 0.5) is 0 Å². The molecule has 12 fully saturated rings. The molecule has 3 heteroatoms. The highest BCUT2D eigenvalue weighted by molar-refractivity contribution is 8.00. The SMILES string of the molecule is C1CCC2CC(C3CCC(N(C4CCC(C5CCC6CCCCC6C5)CC4)C4CCC(C5CCCC6C7CCC8SC9CCCCC9C8C7OC56)CC4)CC3)CCC2C1. The maximum atomic E-state index is 7.62. The first-order chi connectivity index (χ1) is 29.2. The standard InChI is InChI=1S/C56H91NOS/c1-3-10-41-34-43(18-16-36(41)8-1)38-20-26-45(27-21-38)57(46-28-22-39(23-29-46)44-19-17-37-9-2-4-11-42(37)35-44)47-30-24-40(25-31-47)48-13-7-14-49-50-32-33-53-54(56(50)58-55(48)49)51-12-5-6-15-52(51)59-53/h36-56H,1-35H2. The van der Waals surface area contributed by atoms with Gasteiger partial charge in [-0.05, 0) is 231 Å². The summed E-state index contributed by atoms with van der Waals surface area (Å²) >= 11 is 2.45. The third-order valence-electron chi connectivity index (χ3n) is 23.0. The molecular formula is C56H91NOS. The Morgan fingerprint density at radius 1 is 0.288 bits per heavy atom. The van der Waals surface area contributed by atoms with Crippen molar-refractivity contribution in [2.75, 3.05) is 0 Å². The van der Waals surface area contributed by atoms with Crippen molar-refractivity contribution in [2.45, 2.75) is 266 Å². The molecule has 2 nitrogen and oxygen atoms in total. The molecule has 0 spiro atoms. The van der Waals surface area contributed by atoms with Crippen molar-refractivity contribution in [3.8, 4) is 0 Å². The zero-order valence-corrected chi connectivity index (χ0v) is 39.0. The largest absolute Gasteiger partial charge is 0.374 e. The molecule has 0 aromatic carbocycles. The lowest BCUT2D eigenvalue weighted by Gasteiger charge is -2.52. The van der Waals surface area contributed by atoms with Crippen molar-refractivity contribution in [1.82, 2.24) is 4.90 Å². The fourth-order valence-corrected chi connectivity index (χ4v) is 22.3. The van der Waals surface area contributed by atoms with Crippen LogP contribution in [0.5, 0.6) is 0 Å². The van der Waals surface area contributed by atoms with Crippen molar-refractivity contribution in [1.29, 1.82) is 0 Å². The summed E-state index contributed by atoms with van der Waals surface area (Å²) in [6, 6.07) is 2.69. The quantitative estimate of drug-likeness (QED) is 0.265. The first-order valence-corrected chi connectivity index (χ1v) is 29.2. The van der Waals surface area contributed by atoms with Gasteiger partial charge in [0.15, 0.2) is 0 Å². The zero-order chi connectivity index (χ0) is 38.9. The lowest BCUT2D eigenvalue weighted by atomic mass is 9.62. The van der Waals surface area contributed by atoms with E-state index in [1.54, 1.807) is 128 Å². The molecule has 0 aromatic heterocycles. The van der Waals surface area contributed by atoms with Gasteiger partial charge in [-0.1, -0.05) is 70.6 Å². The molecule has 2 saturated heterocycles. The van der Waals surface area contributed by atoms with Crippen molar-refractivity contribution in [2.24, 2.45) is 82.9 Å². The Balaban J connectivity index is 0.708. The van der Waals surface area contributed by atoms with E-state index in [0.29, 0.717) is 12.2 Å². The predicted octanol–water partition coefficient (Wildman–Crippen LogP) is 15.1. The molecule has 0 bridgehead atoms. The first kappa shape index (κ1) is 40.8. The number of nitrogens with zero attached hydrogens (tertiary/aromatic N) is 1. The Kier molecular flexibility index (Phi) is 12.4. The molecule has 10 aliphatic carbocycles. The molecule has 0 aromatic rings. The van der Waals surface area contributed by atoms with E-state index in [2.05, 4.69) is 16.7 Å². The summed E-state index contributed by atoms with van der Waals surface area (Å²) in [5.74, 6) is 14.3. The van der Waals surface area contributed by atoms with E-state index in [0.717, 1.165) is 111 Å². The second-order valence-electron chi connectivity index (χ2n) is 25.2. The second kappa shape index (κ2) is 17.9. The van der Waals surface area contributed by atoms with E-state index in [1.165, 1.54) is 96.3 Å². The molecule has 0 N–H and O–H groups in total. The fraction of sp³-hybridized carbons (Fsp3) is 1.00. The van der Waals surface area contributed by atoms with Gasteiger partial charge < -0.3 is 4.74 Å². The third-order valence-corrected chi connectivity index (χ3v) is 24.8. The van der Waals surface area contributed by atoms with Crippen LogP contribution >= 0.6 is 11.8 Å². The van der Waals surface area contributed by atoms with E-state index in [1.807, 2.05) is 0 Å². The van der Waals surface area contributed by atoms with Gasteiger partial charge in [-0.25, -0.2) is 0 Å². The minimum absolute atomic E-state index is 0.626. The minimum atomic E-state index is 0.626. The zero-order valence-electron chi connectivity index (χ0n) is 38.1. The van der Waals surface area contributed by atoms with E-state index < -0.39 is 0 Å². The molecule has 0 radical (unpaired) electrons. The predicted molar refractivity (Wildman–Crippen MR) is 247 cm³/mol. The monoisotopic (exact) mass is 826 g/mol. The van der Waals surface area contributed by atoms with Gasteiger partial charge in [0, 0.05) is 34.5 Å². The number of hydrogen-bond donors (Lipinski definition) is 0. The van der Waals surface area contributed by atoms with Gasteiger partial charge in [-0.15, -0.1) is 0 Å². The fourth-order valence-electron chi connectivity index (χ4n) is 20.2. The molecule has 2 heterocycles. The summed E-state index contributed by atoms with van der Waals surface area (Å²) < 4.78 is 7.62. The molecule has 12 rings (SSSR count). The molecule has 0 amide bonds. The second-order valence-corrected chi connectivity index (χ2v) is 26.7. The van der Waals surface area contributed by atoms with Crippen LogP contribution < -0.4 is 0 Å². The molecular weight excluding hydrogens is 735 g/mol. The van der Waals surface area contributed by atoms with Gasteiger partial charge in [0.05, 0.1) is 12.2 Å². The maximum absolute atomic E-state index is 7.62. The highest BCUT2D eigenvalue weighted by atomic mass is 32.2. The van der Waals surface area contributed by atoms with Gasteiger partial charge in [0.2, 0.25) is 0 Å². The third kappa shape index (κ3) is 7.96. The molecule has 332 valence electrons. The Bertz CT molecular complexity index is 1320. The average Bonchev–Trinajstić information content (AvgIpc) is 3.88. The number of ether oxygens (including phenoxy) is 1. The maximum Gasteiger partial charge on any atom is 0.0652 e. The summed E-state index contributed by atoms with van der Waals surface area (Å²) in [5, 5.41) is 1.92. The van der Waals surface area contributed by atoms with Crippen LogP contribution in [0, 0.1) is 82.9 Å². The summed E-state index contributed by atoms with van der Waals surface area (Å²) in [4.78, 5) is 3.38. The number of fused-ring (bicyclic) bond motifs is 9. The Morgan fingerprint density at radius 3 is 1.32 bits per heavy atom. The van der Waals surface area contributed by atoms with Crippen LogP contribution in [-0.2, 0) is 4.74 Å². The summed E-state index contributed by atoms with van der Waals surface area (Å²) in [7, 11) is 0. The van der Waals surface area contributed by atoms with Gasteiger partial charge >= 0.3 is 0 Å². The average molecular weight is 826 g/mol. The van der Waals surface area contributed by atoms with Gasteiger partial charge in [-0.3, -0.25) is 4.90 Å². The summed E-state index contributed by atoms with van der Waals surface area (Å²) in [6.07, 6.45) is 55.5. The Labute approximate surface area is 368 Å². The van der Waals surface area contributed by atoms with Crippen molar-refractivity contribution in [3.63, 3.8) is 0 Å². The highest BCUT2D eigenvalue weighted by Gasteiger charge is 2.60. The number of hydrogen-bond acceptors (Lipinski definition) is 3. The lowest BCUT2D eigenvalue weighted by molar-refractivity contribution is -0.0778. The number of thioether (sulfide) groups is 1. The van der Waals surface area contributed by atoms with E-state index in [-0.39, 0.29) is 0 Å². The van der Waals surface area contributed by atoms with Crippen molar-refractivity contribution in [3.05, 3.63) is 0 Å². The Hall–Kier alpha value is 0.270. The summed E-state index contributed by atoms with van der Waals surface area (Å²) in [5.41, 5.74) is 0. The van der Waals surface area contributed by atoms with Crippen LogP contribution in [0.15, 0.2) is 0 Å². The summed E-state index contributed by atoms with van der Waals surface area (Å²) in [6.45, 7) is 0. The van der Waals surface area contributed by atoms with Crippen LogP contribution in [0.3, 0.4) is 0 Å². The van der Waals surface area contributed by atoms with E-state index in [4.69, 9.17) is 4.74 Å². The first-order valence-electron chi connectivity index (χ1n) is 28.3. The van der Waals surface area contributed by atoms with Crippen molar-refractivity contribution >= 4 is 11.8 Å². The molecule has 59 heavy (non-hydrogen) atoms. The topological polar surface area (TPSA) is 12.5 Å².